The molecule has 2 saturated heterocycles. The van der Waals surface area contributed by atoms with E-state index >= 15 is 0 Å². The molecule has 3 aliphatic rings. The van der Waals surface area contributed by atoms with Crippen molar-refractivity contribution in [3.05, 3.63) is 24.3 Å². The normalized spacial score (nSPS) is 21.0. The van der Waals surface area contributed by atoms with Gasteiger partial charge in [-0.25, -0.2) is 4.79 Å². The maximum atomic E-state index is 12.7. The fourth-order valence-corrected chi connectivity index (χ4v) is 4.66. The van der Waals surface area contributed by atoms with Gasteiger partial charge in [0.15, 0.2) is 0 Å². The predicted octanol–water partition coefficient (Wildman–Crippen LogP) is 1.57. The van der Waals surface area contributed by atoms with Crippen molar-refractivity contribution in [3.8, 4) is 0 Å². The molecule has 0 aromatic heterocycles. The topological polar surface area (TPSA) is 70.2 Å². The van der Waals surface area contributed by atoms with Crippen LogP contribution in [0.3, 0.4) is 0 Å². The van der Waals surface area contributed by atoms with Crippen LogP contribution < -0.4 is 4.90 Å². The Balaban J connectivity index is 1.37. The smallest absolute Gasteiger partial charge is 0.410 e. The number of anilines is 1. The SMILES string of the molecule is O=C(CN1C(=O)CSc2ccccc21)N1CCC(N2CCOC2=O)CC1. The first-order valence-electron chi connectivity index (χ1n) is 8.87. The summed E-state index contributed by atoms with van der Waals surface area (Å²) in [6, 6.07) is 7.83. The van der Waals surface area contributed by atoms with Gasteiger partial charge in [-0.1, -0.05) is 12.1 Å². The molecule has 0 atom stereocenters. The number of ether oxygens (including phenoxy) is 1. The molecule has 1 aromatic carbocycles. The molecule has 3 aliphatic heterocycles. The van der Waals surface area contributed by atoms with Gasteiger partial charge < -0.3 is 19.4 Å². The summed E-state index contributed by atoms with van der Waals surface area (Å²) in [5.74, 6) is 0.294. The van der Waals surface area contributed by atoms with Crippen LogP contribution in [-0.4, -0.2) is 72.3 Å². The second kappa shape index (κ2) is 7.19. The van der Waals surface area contributed by atoms with Gasteiger partial charge in [-0.05, 0) is 25.0 Å². The number of fused-ring (bicyclic) bond motifs is 1. The Labute approximate surface area is 156 Å². The van der Waals surface area contributed by atoms with Crippen molar-refractivity contribution in [2.75, 3.05) is 43.4 Å². The average Bonchev–Trinajstić information content (AvgIpc) is 3.10. The molecule has 138 valence electrons. The highest BCUT2D eigenvalue weighted by Gasteiger charge is 2.34. The number of hydrogen-bond acceptors (Lipinski definition) is 5. The van der Waals surface area contributed by atoms with Crippen LogP contribution in [0.15, 0.2) is 29.2 Å². The van der Waals surface area contributed by atoms with E-state index in [0.717, 1.165) is 23.4 Å². The van der Waals surface area contributed by atoms with Crippen molar-refractivity contribution in [2.45, 2.75) is 23.8 Å². The van der Waals surface area contributed by atoms with E-state index in [0.29, 0.717) is 32.0 Å². The second-order valence-electron chi connectivity index (χ2n) is 6.66. The lowest BCUT2D eigenvalue weighted by atomic mass is 10.0. The summed E-state index contributed by atoms with van der Waals surface area (Å²) in [6.07, 6.45) is 1.26. The molecule has 8 heteroatoms. The van der Waals surface area contributed by atoms with E-state index in [-0.39, 0.29) is 30.5 Å². The summed E-state index contributed by atoms with van der Waals surface area (Å²) >= 11 is 1.51. The Morgan fingerprint density at radius 2 is 1.92 bits per heavy atom. The zero-order valence-corrected chi connectivity index (χ0v) is 15.2. The summed E-state index contributed by atoms with van der Waals surface area (Å²) in [5, 5.41) is 0. The number of cyclic esters (lactones) is 1. The number of piperidine rings is 1. The maximum Gasteiger partial charge on any atom is 0.410 e. The molecule has 4 rings (SSSR count). The highest BCUT2D eigenvalue weighted by atomic mass is 32.2. The first-order chi connectivity index (χ1) is 12.6. The fraction of sp³-hybridized carbons (Fsp3) is 0.500. The Morgan fingerprint density at radius 3 is 2.65 bits per heavy atom. The monoisotopic (exact) mass is 375 g/mol. The third-order valence-corrected chi connectivity index (χ3v) is 6.20. The number of carbonyl (C=O) groups excluding carboxylic acids is 3. The van der Waals surface area contributed by atoms with Gasteiger partial charge in [0, 0.05) is 24.0 Å². The van der Waals surface area contributed by atoms with Crippen LogP contribution in [0.4, 0.5) is 10.5 Å². The van der Waals surface area contributed by atoms with Crippen LogP contribution in [0, 0.1) is 0 Å². The molecule has 0 N–H and O–H groups in total. The van der Waals surface area contributed by atoms with Crippen molar-refractivity contribution in [1.82, 2.24) is 9.80 Å². The molecule has 3 amide bonds. The van der Waals surface area contributed by atoms with Crippen LogP contribution >= 0.6 is 11.8 Å². The Hall–Kier alpha value is -2.22. The molecule has 1 aromatic rings. The van der Waals surface area contributed by atoms with Crippen molar-refractivity contribution in [1.29, 1.82) is 0 Å². The average molecular weight is 375 g/mol. The number of thioether (sulfide) groups is 1. The highest BCUT2D eigenvalue weighted by molar-refractivity contribution is 8.00. The van der Waals surface area contributed by atoms with E-state index in [4.69, 9.17) is 4.74 Å². The molecule has 2 fully saturated rings. The minimum absolute atomic E-state index is 0.0308. The quantitative estimate of drug-likeness (QED) is 0.802. The van der Waals surface area contributed by atoms with E-state index in [1.54, 1.807) is 14.7 Å². The Kier molecular flexibility index (Phi) is 4.76. The summed E-state index contributed by atoms with van der Waals surface area (Å²) in [4.78, 5) is 42.9. The summed E-state index contributed by atoms with van der Waals surface area (Å²) < 4.78 is 5.00. The van der Waals surface area contributed by atoms with Gasteiger partial charge in [0.25, 0.3) is 0 Å². The molecule has 0 spiro atoms. The van der Waals surface area contributed by atoms with Crippen molar-refractivity contribution in [3.63, 3.8) is 0 Å². The lowest BCUT2D eigenvalue weighted by molar-refractivity contribution is -0.132. The fourth-order valence-electron chi connectivity index (χ4n) is 3.73. The van der Waals surface area contributed by atoms with Gasteiger partial charge >= 0.3 is 6.09 Å². The maximum absolute atomic E-state index is 12.7. The third kappa shape index (κ3) is 3.25. The Morgan fingerprint density at radius 1 is 1.15 bits per heavy atom. The van der Waals surface area contributed by atoms with Gasteiger partial charge in [0.2, 0.25) is 11.8 Å². The number of carbonyl (C=O) groups is 3. The molecule has 0 unspecified atom stereocenters. The Bertz CT molecular complexity index is 733. The minimum Gasteiger partial charge on any atom is -0.448 e. The number of nitrogens with zero attached hydrogens (tertiary/aromatic N) is 3. The molecular weight excluding hydrogens is 354 g/mol. The highest BCUT2D eigenvalue weighted by Crippen LogP contribution is 2.34. The summed E-state index contributed by atoms with van der Waals surface area (Å²) in [5.41, 5.74) is 0.816. The molecule has 0 aliphatic carbocycles. The van der Waals surface area contributed by atoms with Crippen LogP contribution in [0.5, 0.6) is 0 Å². The number of rotatable bonds is 3. The van der Waals surface area contributed by atoms with E-state index in [1.807, 2.05) is 24.3 Å². The van der Waals surface area contributed by atoms with Crippen LogP contribution in [-0.2, 0) is 14.3 Å². The molecule has 0 radical (unpaired) electrons. The van der Waals surface area contributed by atoms with Gasteiger partial charge in [-0.15, -0.1) is 11.8 Å². The van der Waals surface area contributed by atoms with Crippen LogP contribution in [0.2, 0.25) is 0 Å². The zero-order valence-electron chi connectivity index (χ0n) is 14.4. The van der Waals surface area contributed by atoms with Crippen molar-refractivity contribution in [2.24, 2.45) is 0 Å². The number of hydrogen-bond donors (Lipinski definition) is 0. The third-order valence-electron chi connectivity index (χ3n) is 5.15. The number of para-hydroxylation sites is 1. The zero-order chi connectivity index (χ0) is 18.1. The second-order valence-corrected chi connectivity index (χ2v) is 7.67. The van der Waals surface area contributed by atoms with Gasteiger partial charge in [-0.2, -0.15) is 0 Å². The molecule has 0 saturated carbocycles. The largest absolute Gasteiger partial charge is 0.448 e. The molecular formula is C18H21N3O4S. The number of likely N-dealkylation sites (tertiary alicyclic amines) is 1. The summed E-state index contributed by atoms with van der Waals surface area (Å²) in [6.45, 7) is 2.37. The van der Waals surface area contributed by atoms with Crippen LogP contribution in [0.1, 0.15) is 12.8 Å². The molecule has 26 heavy (non-hydrogen) atoms. The lowest BCUT2D eigenvalue weighted by Crippen LogP contribution is -2.50. The van der Waals surface area contributed by atoms with Gasteiger partial charge in [0.05, 0.1) is 18.0 Å². The van der Waals surface area contributed by atoms with Crippen LogP contribution in [0.25, 0.3) is 0 Å². The predicted molar refractivity (Wildman–Crippen MR) is 97.2 cm³/mol. The van der Waals surface area contributed by atoms with Gasteiger partial charge in [-0.3, -0.25) is 9.59 Å². The van der Waals surface area contributed by atoms with E-state index in [2.05, 4.69) is 0 Å². The standard InChI is InChI=1S/C18H21N3O4S/c22-16(11-21-14-3-1-2-4-15(14)26-12-17(21)23)19-7-5-13(6-8-19)20-9-10-25-18(20)24/h1-4,13H,5-12H2. The van der Waals surface area contributed by atoms with E-state index in [9.17, 15) is 14.4 Å². The molecule has 3 heterocycles. The number of benzene rings is 1. The number of amides is 3. The molecule has 0 bridgehead atoms. The first kappa shape index (κ1) is 17.2. The van der Waals surface area contributed by atoms with Gasteiger partial charge in [0.1, 0.15) is 13.2 Å². The van der Waals surface area contributed by atoms with E-state index in [1.165, 1.54) is 11.8 Å². The molecule has 7 nitrogen and oxygen atoms in total. The van der Waals surface area contributed by atoms with E-state index < -0.39 is 0 Å². The lowest BCUT2D eigenvalue weighted by Gasteiger charge is -2.37. The van der Waals surface area contributed by atoms with Crippen molar-refractivity contribution < 1.29 is 19.1 Å². The first-order valence-corrected chi connectivity index (χ1v) is 9.85. The minimum atomic E-state index is -0.247. The van der Waals surface area contributed by atoms with Crippen molar-refractivity contribution >= 4 is 35.4 Å². The summed E-state index contributed by atoms with van der Waals surface area (Å²) in [7, 11) is 0.